The van der Waals surface area contributed by atoms with E-state index >= 15 is 0 Å². The van der Waals surface area contributed by atoms with Crippen LogP contribution in [-0.4, -0.2) is 30.0 Å². The van der Waals surface area contributed by atoms with Gasteiger partial charge in [-0.1, -0.05) is 6.07 Å². The summed E-state index contributed by atoms with van der Waals surface area (Å²) < 4.78 is 5.09. The summed E-state index contributed by atoms with van der Waals surface area (Å²) in [5.74, 6) is 0.476. The summed E-state index contributed by atoms with van der Waals surface area (Å²) >= 11 is 0. The molecule has 0 aliphatic carbocycles. The van der Waals surface area contributed by atoms with Gasteiger partial charge in [-0.2, -0.15) is 0 Å². The van der Waals surface area contributed by atoms with Gasteiger partial charge in [-0.3, -0.25) is 0 Å². The first-order valence-corrected chi connectivity index (χ1v) is 4.53. The highest BCUT2D eigenvalue weighted by Crippen LogP contribution is 2.26. The highest BCUT2D eigenvalue weighted by Gasteiger charge is 2.02. The zero-order chi connectivity index (χ0) is 10.4. The average molecular weight is 197 g/mol. The van der Waals surface area contributed by atoms with Gasteiger partial charge in [0.05, 0.1) is 6.61 Å². The van der Waals surface area contributed by atoms with Crippen LogP contribution in [0.4, 0.5) is 0 Å². The minimum absolute atomic E-state index is 0.0655. The maximum absolute atomic E-state index is 9.50. The van der Waals surface area contributed by atoms with Crippen molar-refractivity contribution in [2.45, 2.75) is 6.42 Å². The number of benzene rings is 1. The van der Waals surface area contributed by atoms with Crippen molar-refractivity contribution in [1.29, 1.82) is 0 Å². The maximum atomic E-state index is 9.50. The number of hydrogen-bond donors (Lipinski definition) is 3. The van der Waals surface area contributed by atoms with Gasteiger partial charge < -0.3 is 20.7 Å². The number of phenols is 1. The first kappa shape index (κ1) is 10.8. The van der Waals surface area contributed by atoms with Crippen LogP contribution in [0.3, 0.4) is 0 Å². The summed E-state index contributed by atoms with van der Waals surface area (Å²) in [5.41, 5.74) is 6.36. The fourth-order valence-electron chi connectivity index (χ4n) is 1.16. The Balaban J connectivity index is 2.68. The Hall–Kier alpha value is -1.26. The lowest BCUT2D eigenvalue weighted by molar-refractivity contribution is 0.197. The summed E-state index contributed by atoms with van der Waals surface area (Å²) in [6.45, 7) is 0.671. The fourth-order valence-corrected chi connectivity index (χ4v) is 1.16. The van der Waals surface area contributed by atoms with E-state index in [0.717, 1.165) is 12.0 Å². The number of aliphatic hydroxyl groups is 1. The molecule has 4 heteroatoms. The molecule has 14 heavy (non-hydrogen) atoms. The molecule has 78 valence electrons. The number of rotatable bonds is 5. The molecule has 0 atom stereocenters. The molecule has 0 aromatic heterocycles. The second kappa shape index (κ2) is 5.47. The predicted molar refractivity (Wildman–Crippen MR) is 53.4 cm³/mol. The number of ether oxygens (including phenoxy) is 1. The Kier molecular flexibility index (Phi) is 4.22. The second-order valence-electron chi connectivity index (χ2n) is 2.91. The van der Waals surface area contributed by atoms with Gasteiger partial charge in [-0.25, -0.2) is 0 Å². The molecule has 1 rings (SSSR count). The molecule has 1 aromatic carbocycles. The van der Waals surface area contributed by atoms with Gasteiger partial charge in [0.15, 0.2) is 11.5 Å². The van der Waals surface area contributed by atoms with Crippen molar-refractivity contribution in [3.05, 3.63) is 23.8 Å². The molecular weight excluding hydrogens is 182 g/mol. The summed E-state index contributed by atoms with van der Waals surface area (Å²) in [5, 5.41) is 18.0. The van der Waals surface area contributed by atoms with Gasteiger partial charge in [0.1, 0.15) is 6.61 Å². The van der Waals surface area contributed by atoms with E-state index in [2.05, 4.69) is 0 Å². The number of nitrogens with two attached hydrogens (primary N) is 1. The van der Waals surface area contributed by atoms with E-state index in [4.69, 9.17) is 15.6 Å². The molecule has 4 nitrogen and oxygen atoms in total. The van der Waals surface area contributed by atoms with Crippen molar-refractivity contribution in [1.82, 2.24) is 0 Å². The molecule has 0 saturated heterocycles. The van der Waals surface area contributed by atoms with E-state index in [1.165, 1.54) is 0 Å². The van der Waals surface area contributed by atoms with Crippen LogP contribution < -0.4 is 10.5 Å². The Morgan fingerprint density at radius 3 is 2.71 bits per heavy atom. The molecule has 0 spiro atoms. The van der Waals surface area contributed by atoms with Crippen LogP contribution in [0.15, 0.2) is 18.2 Å². The van der Waals surface area contributed by atoms with Crippen molar-refractivity contribution < 1.29 is 14.9 Å². The molecule has 0 bridgehead atoms. The zero-order valence-electron chi connectivity index (χ0n) is 7.94. The minimum atomic E-state index is -0.0655. The quantitative estimate of drug-likeness (QED) is 0.633. The Morgan fingerprint density at radius 1 is 1.36 bits per heavy atom. The molecule has 0 radical (unpaired) electrons. The van der Waals surface area contributed by atoms with Crippen molar-refractivity contribution in [2.24, 2.45) is 5.73 Å². The molecule has 0 saturated carbocycles. The summed E-state index contributed by atoms with van der Waals surface area (Å²) in [6.07, 6.45) is 0.730. The van der Waals surface area contributed by atoms with Crippen molar-refractivity contribution in [3.8, 4) is 11.5 Å². The highest BCUT2D eigenvalue weighted by atomic mass is 16.5. The highest BCUT2D eigenvalue weighted by molar-refractivity contribution is 5.41. The van der Waals surface area contributed by atoms with E-state index in [9.17, 15) is 5.11 Å². The van der Waals surface area contributed by atoms with Gasteiger partial charge in [0.25, 0.3) is 0 Å². The lowest BCUT2D eigenvalue weighted by Gasteiger charge is -2.07. The van der Waals surface area contributed by atoms with Crippen LogP contribution in [0.5, 0.6) is 11.5 Å². The van der Waals surface area contributed by atoms with Crippen molar-refractivity contribution >= 4 is 0 Å². The molecule has 4 N–H and O–H groups in total. The summed E-state index contributed by atoms with van der Waals surface area (Å²) in [7, 11) is 0. The molecule has 0 fully saturated rings. The number of aromatic hydroxyl groups is 1. The normalized spacial score (nSPS) is 10.1. The third-order valence-corrected chi connectivity index (χ3v) is 1.81. The van der Waals surface area contributed by atoms with Crippen molar-refractivity contribution in [2.75, 3.05) is 19.8 Å². The molecular formula is C10H15NO3. The van der Waals surface area contributed by atoms with Gasteiger partial charge >= 0.3 is 0 Å². The predicted octanol–water partition coefficient (Wildman–Crippen LogP) is 0.264. The lowest BCUT2D eigenvalue weighted by atomic mass is 10.1. The minimum Gasteiger partial charge on any atom is -0.504 e. The van der Waals surface area contributed by atoms with Gasteiger partial charge in [-0.05, 0) is 30.7 Å². The van der Waals surface area contributed by atoms with E-state index in [-0.39, 0.29) is 19.0 Å². The van der Waals surface area contributed by atoms with Gasteiger partial charge in [0, 0.05) is 0 Å². The third-order valence-electron chi connectivity index (χ3n) is 1.81. The summed E-state index contributed by atoms with van der Waals surface area (Å²) in [6, 6.07) is 5.15. The van der Waals surface area contributed by atoms with E-state index in [1.54, 1.807) is 12.1 Å². The zero-order valence-corrected chi connectivity index (χ0v) is 7.94. The average Bonchev–Trinajstić information content (AvgIpc) is 2.17. The standard InChI is InChI=1S/C10H15NO3/c11-4-3-8-1-2-10(9(13)7-8)14-6-5-12/h1-2,7,12-13H,3-6,11H2. The smallest absolute Gasteiger partial charge is 0.161 e. The maximum Gasteiger partial charge on any atom is 0.161 e. The van der Waals surface area contributed by atoms with Crippen LogP contribution in [-0.2, 0) is 6.42 Å². The number of hydrogen-bond acceptors (Lipinski definition) is 4. The summed E-state index contributed by atoms with van der Waals surface area (Å²) in [4.78, 5) is 0. The SMILES string of the molecule is NCCc1ccc(OCCO)c(O)c1. The van der Waals surface area contributed by atoms with Gasteiger partial charge in [0.2, 0.25) is 0 Å². The lowest BCUT2D eigenvalue weighted by Crippen LogP contribution is -2.04. The fraction of sp³-hybridized carbons (Fsp3) is 0.400. The van der Waals surface area contributed by atoms with Crippen LogP contribution >= 0.6 is 0 Å². The number of aliphatic hydroxyl groups excluding tert-OH is 1. The first-order valence-electron chi connectivity index (χ1n) is 4.53. The Morgan fingerprint density at radius 2 is 2.14 bits per heavy atom. The largest absolute Gasteiger partial charge is 0.504 e. The monoisotopic (exact) mass is 197 g/mol. The molecule has 1 aromatic rings. The van der Waals surface area contributed by atoms with E-state index in [0.29, 0.717) is 12.3 Å². The van der Waals surface area contributed by atoms with Crippen LogP contribution in [0.1, 0.15) is 5.56 Å². The molecule has 0 amide bonds. The topological polar surface area (TPSA) is 75.7 Å². The van der Waals surface area contributed by atoms with E-state index < -0.39 is 0 Å². The van der Waals surface area contributed by atoms with E-state index in [1.807, 2.05) is 6.07 Å². The molecule has 0 aliphatic heterocycles. The molecule has 0 unspecified atom stereocenters. The second-order valence-corrected chi connectivity index (χ2v) is 2.91. The molecule has 0 aliphatic rings. The number of phenolic OH excluding ortho intramolecular Hbond substituents is 1. The van der Waals surface area contributed by atoms with Crippen LogP contribution in [0.25, 0.3) is 0 Å². The Labute approximate surface area is 82.9 Å². The van der Waals surface area contributed by atoms with Crippen LogP contribution in [0, 0.1) is 0 Å². The molecule has 0 heterocycles. The first-order chi connectivity index (χ1) is 6.77. The third kappa shape index (κ3) is 2.90. The van der Waals surface area contributed by atoms with Crippen LogP contribution in [0.2, 0.25) is 0 Å². The Bertz CT molecular complexity index is 289. The van der Waals surface area contributed by atoms with Gasteiger partial charge in [-0.15, -0.1) is 0 Å². The van der Waals surface area contributed by atoms with Crippen molar-refractivity contribution in [3.63, 3.8) is 0 Å².